The van der Waals surface area contributed by atoms with E-state index in [0.717, 1.165) is 17.9 Å². The van der Waals surface area contributed by atoms with Gasteiger partial charge in [-0.15, -0.1) is 24.0 Å². The van der Waals surface area contributed by atoms with Crippen LogP contribution < -0.4 is 10.6 Å². The Hall–Kier alpha value is -1.42. The van der Waals surface area contributed by atoms with E-state index in [2.05, 4.69) is 41.4 Å². The van der Waals surface area contributed by atoms with Gasteiger partial charge in [0.1, 0.15) is 12.3 Å². The number of oxazole rings is 1. The first kappa shape index (κ1) is 24.6. The van der Waals surface area contributed by atoms with Crippen LogP contribution in [0.3, 0.4) is 0 Å². The van der Waals surface area contributed by atoms with Gasteiger partial charge in [0.05, 0.1) is 6.20 Å². The summed E-state index contributed by atoms with van der Waals surface area (Å²) in [4.78, 5) is 8.79. The third-order valence-electron chi connectivity index (χ3n) is 3.80. The average Bonchev–Trinajstić information content (AvgIpc) is 3.10. The summed E-state index contributed by atoms with van der Waals surface area (Å²) >= 11 is 0. The monoisotopic (exact) mass is 518 g/mol. The molecule has 0 aliphatic rings. The topological polar surface area (TPSA) is 79.5 Å². The fourth-order valence-corrected chi connectivity index (χ4v) is 3.37. The van der Waals surface area contributed by atoms with E-state index >= 15 is 0 Å². The normalized spacial score (nSPS) is 12.9. The van der Waals surface area contributed by atoms with Crippen molar-refractivity contribution < 1.29 is 8.63 Å². The Balaban J connectivity index is 0.00000392. The lowest BCUT2D eigenvalue weighted by atomic mass is 9.94. The van der Waals surface area contributed by atoms with Crippen LogP contribution in [0.5, 0.6) is 0 Å². The molecule has 2 rings (SSSR count). The number of halogens is 1. The van der Waals surface area contributed by atoms with Crippen LogP contribution in [0.15, 0.2) is 45.9 Å². The second kappa shape index (κ2) is 12.2. The van der Waals surface area contributed by atoms with Crippen molar-refractivity contribution in [3.8, 4) is 0 Å². The Morgan fingerprint density at radius 3 is 2.54 bits per heavy atom. The standard InChI is InChI=1S/C20H30N4O2S.HI/c1-5-21-19(24-14-18-23-13-17(26-18)20(2,3)4)22-11-12-27(25)15-16-9-7-6-8-10-16;/h6-10,13H,5,11-12,14-15H2,1-4H3,(H2,21,22,24);1H. The third-order valence-corrected chi connectivity index (χ3v) is 5.12. The van der Waals surface area contributed by atoms with E-state index in [0.29, 0.717) is 36.4 Å². The Morgan fingerprint density at radius 2 is 1.93 bits per heavy atom. The summed E-state index contributed by atoms with van der Waals surface area (Å²) in [6.07, 6.45) is 1.76. The molecule has 0 aliphatic heterocycles. The van der Waals surface area contributed by atoms with Gasteiger partial charge in [0.2, 0.25) is 5.89 Å². The lowest BCUT2D eigenvalue weighted by Crippen LogP contribution is -2.39. The van der Waals surface area contributed by atoms with Gasteiger partial charge in [-0.1, -0.05) is 51.1 Å². The molecule has 1 unspecified atom stereocenters. The quantitative estimate of drug-likeness (QED) is 0.317. The first-order valence-electron chi connectivity index (χ1n) is 9.24. The molecule has 6 nitrogen and oxygen atoms in total. The average molecular weight is 518 g/mol. The first-order valence-corrected chi connectivity index (χ1v) is 10.7. The Morgan fingerprint density at radius 1 is 1.21 bits per heavy atom. The van der Waals surface area contributed by atoms with Crippen molar-refractivity contribution in [3.63, 3.8) is 0 Å². The number of aromatic nitrogens is 1. The molecule has 8 heteroatoms. The van der Waals surface area contributed by atoms with Crippen LogP contribution in [0.25, 0.3) is 0 Å². The number of nitrogens with zero attached hydrogens (tertiary/aromatic N) is 2. The molecule has 156 valence electrons. The third kappa shape index (κ3) is 8.72. The molecule has 0 bridgehead atoms. The fraction of sp³-hybridized carbons (Fsp3) is 0.500. The van der Waals surface area contributed by atoms with Crippen molar-refractivity contribution in [1.82, 2.24) is 15.6 Å². The summed E-state index contributed by atoms with van der Waals surface area (Å²) in [7, 11) is -0.914. The largest absolute Gasteiger partial charge is 0.443 e. The minimum absolute atomic E-state index is 0. The fourth-order valence-electron chi connectivity index (χ4n) is 2.33. The molecule has 28 heavy (non-hydrogen) atoms. The molecule has 0 saturated heterocycles. The van der Waals surface area contributed by atoms with Gasteiger partial charge in [0.25, 0.3) is 0 Å². The summed E-state index contributed by atoms with van der Waals surface area (Å²) in [5.41, 5.74) is 1.02. The second-order valence-corrected chi connectivity index (χ2v) is 8.84. The second-order valence-electron chi connectivity index (χ2n) is 7.26. The van der Waals surface area contributed by atoms with Crippen molar-refractivity contribution in [2.75, 3.05) is 18.8 Å². The zero-order valence-corrected chi connectivity index (χ0v) is 20.2. The Bertz CT molecular complexity index is 757. The van der Waals surface area contributed by atoms with Gasteiger partial charge < -0.3 is 15.1 Å². The summed E-state index contributed by atoms with van der Waals surface area (Å²) in [6, 6.07) is 9.90. The highest BCUT2D eigenvalue weighted by molar-refractivity contribution is 14.0. The van der Waals surface area contributed by atoms with E-state index in [4.69, 9.17) is 4.42 Å². The van der Waals surface area contributed by atoms with Crippen molar-refractivity contribution in [2.24, 2.45) is 4.99 Å². The van der Waals surface area contributed by atoms with Crippen LogP contribution >= 0.6 is 24.0 Å². The molecule has 0 aliphatic carbocycles. The minimum Gasteiger partial charge on any atom is -0.443 e. The van der Waals surface area contributed by atoms with Gasteiger partial charge in [0.15, 0.2) is 5.96 Å². The number of hydrogen-bond acceptors (Lipinski definition) is 4. The van der Waals surface area contributed by atoms with Crippen LogP contribution in [-0.4, -0.2) is 34.0 Å². The SMILES string of the molecule is CCNC(=NCc1ncc(C(C)(C)C)o1)NCCS(=O)Cc1ccccc1.I. The first-order chi connectivity index (χ1) is 12.9. The van der Waals surface area contributed by atoms with Crippen molar-refractivity contribution in [3.05, 3.63) is 53.7 Å². The molecule has 2 aromatic rings. The van der Waals surface area contributed by atoms with Crippen LogP contribution in [0.2, 0.25) is 0 Å². The number of hydrogen-bond donors (Lipinski definition) is 2. The predicted octanol–water partition coefficient (Wildman–Crippen LogP) is 3.59. The van der Waals surface area contributed by atoms with E-state index < -0.39 is 10.8 Å². The predicted molar refractivity (Wildman–Crippen MR) is 127 cm³/mol. The van der Waals surface area contributed by atoms with Crippen molar-refractivity contribution in [2.45, 2.75) is 45.4 Å². The van der Waals surface area contributed by atoms with E-state index in [-0.39, 0.29) is 29.4 Å². The molecule has 0 radical (unpaired) electrons. The van der Waals surface area contributed by atoms with Crippen LogP contribution in [-0.2, 0) is 28.5 Å². The molecule has 1 atom stereocenters. The summed E-state index contributed by atoms with van der Waals surface area (Å²) in [5, 5.41) is 6.40. The summed E-state index contributed by atoms with van der Waals surface area (Å²) in [5.74, 6) is 3.24. The van der Waals surface area contributed by atoms with Crippen LogP contribution in [0, 0.1) is 0 Å². The molecule has 0 spiro atoms. The number of nitrogens with one attached hydrogen (secondary N) is 2. The maximum absolute atomic E-state index is 12.2. The molecular weight excluding hydrogens is 487 g/mol. The van der Waals surface area contributed by atoms with E-state index in [9.17, 15) is 4.21 Å². The highest BCUT2D eigenvalue weighted by Gasteiger charge is 2.19. The molecule has 1 heterocycles. The van der Waals surface area contributed by atoms with E-state index in [1.54, 1.807) is 6.20 Å². The molecule has 1 aromatic heterocycles. The Labute approximate surface area is 187 Å². The lowest BCUT2D eigenvalue weighted by molar-refractivity contribution is 0.383. The number of benzene rings is 1. The van der Waals surface area contributed by atoms with Crippen molar-refractivity contribution in [1.29, 1.82) is 0 Å². The van der Waals surface area contributed by atoms with E-state index in [1.165, 1.54) is 0 Å². The molecule has 0 amide bonds. The van der Waals surface area contributed by atoms with E-state index in [1.807, 2.05) is 37.3 Å². The van der Waals surface area contributed by atoms with Gasteiger partial charge >= 0.3 is 0 Å². The highest BCUT2D eigenvalue weighted by atomic mass is 127. The summed E-state index contributed by atoms with van der Waals surface area (Å²) in [6.45, 7) is 9.96. The molecule has 2 N–H and O–H groups in total. The van der Waals surface area contributed by atoms with Gasteiger partial charge in [-0.25, -0.2) is 9.98 Å². The lowest BCUT2D eigenvalue weighted by Gasteiger charge is -2.13. The highest BCUT2D eigenvalue weighted by Crippen LogP contribution is 2.22. The van der Waals surface area contributed by atoms with Gasteiger partial charge in [-0.2, -0.15) is 0 Å². The maximum atomic E-state index is 12.2. The Kier molecular flexibility index (Phi) is 10.7. The van der Waals surface area contributed by atoms with Crippen molar-refractivity contribution >= 4 is 40.7 Å². The minimum atomic E-state index is -0.914. The van der Waals surface area contributed by atoms with Gasteiger partial charge in [-0.05, 0) is 12.5 Å². The number of aliphatic imine (C=N–C) groups is 1. The molecule has 0 saturated carbocycles. The van der Waals surface area contributed by atoms with Gasteiger partial charge in [0, 0.05) is 40.8 Å². The smallest absolute Gasteiger partial charge is 0.216 e. The number of rotatable bonds is 8. The zero-order chi connectivity index (χ0) is 19.7. The summed E-state index contributed by atoms with van der Waals surface area (Å²) < 4.78 is 18.0. The van der Waals surface area contributed by atoms with Gasteiger partial charge in [-0.3, -0.25) is 4.21 Å². The molecular formula is C20H31IN4O2S. The zero-order valence-electron chi connectivity index (χ0n) is 17.0. The van der Waals surface area contributed by atoms with Crippen LogP contribution in [0.4, 0.5) is 0 Å². The molecule has 1 aromatic carbocycles. The maximum Gasteiger partial charge on any atom is 0.216 e. The molecule has 0 fully saturated rings. The number of guanidine groups is 1. The van der Waals surface area contributed by atoms with Crippen LogP contribution in [0.1, 0.15) is 44.9 Å².